The molecule has 5 heteroatoms. The molecule has 1 aromatic rings. The van der Waals surface area contributed by atoms with Gasteiger partial charge in [0.25, 0.3) is 0 Å². The summed E-state index contributed by atoms with van der Waals surface area (Å²) in [5.74, 6) is -0.980. The molecule has 2 atom stereocenters. The van der Waals surface area contributed by atoms with Gasteiger partial charge in [-0.3, -0.25) is 9.59 Å². The van der Waals surface area contributed by atoms with Crippen molar-refractivity contribution in [1.29, 1.82) is 0 Å². The molecule has 0 aliphatic heterocycles. The van der Waals surface area contributed by atoms with E-state index in [1.807, 2.05) is 0 Å². The largest absolute Gasteiger partial charge is 0.385 e. The summed E-state index contributed by atoms with van der Waals surface area (Å²) in [4.78, 5) is 22.3. The van der Waals surface area contributed by atoms with Crippen LogP contribution in [0.25, 0.3) is 0 Å². The number of rotatable bonds is 3. The lowest BCUT2D eigenvalue weighted by atomic mass is 9.99. The van der Waals surface area contributed by atoms with Crippen LogP contribution in [0.2, 0.25) is 0 Å². The van der Waals surface area contributed by atoms with E-state index in [0.717, 1.165) is 5.56 Å². The maximum absolute atomic E-state index is 11.5. The number of aliphatic hydroxyl groups is 2. The van der Waals surface area contributed by atoms with Crippen LogP contribution >= 0.6 is 0 Å². The van der Waals surface area contributed by atoms with Crippen molar-refractivity contribution >= 4 is 11.7 Å². The zero-order valence-electron chi connectivity index (χ0n) is 9.09. The first-order chi connectivity index (χ1) is 8.00. The molecule has 0 bridgehead atoms. The summed E-state index contributed by atoms with van der Waals surface area (Å²) in [5, 5.41) is 19.1. The molecule has 5 nitrogen and oxygen atoms in total. The van der Waals surface area contributed by atoms with Crippen LogP contribution in [-0.4, -0.2) is 28.0 Å². The Morgan fingerprint density at radius 3 is 2.65 bits per heavy atom. The van der Waals surface area contributed by atoms with Crippen molar-refractivity contribution < 1.29 is 19.8 Å². The number of aryl methyl sites for hydroxylation is 1. The van der Waals surface area contributed by atoms with Gasteiger partial charge >= 0.3 is 0 Å². The van der Waals surface area contributed by atoms with Crippen molar-refractivity contribution in [2.24, 2.45) is 5.73 Å². The summed E-state index contributed by atoms with van der Waals surface area (Å²) in [5.41, 5.74) is 6.71. The molecule has 1 aliphatic rings. The van der Waals surface area contributed by atoms with Gasteiger partial charge in [-0.05, 0) is 23.6 Å². The lowest BCUT2D eigenvalue weighted by Crippen LogP contribution is -2.33. The summed E-state index contributed by atoms with van der Waals surface area (Å²) < 4.78 is 0. The third-order valence-electron chi connectivity index (χ3n) is 2.99. The summed E-state index contributed by atoms with van der Waals surface area (Å²) >= 11 is 0. The van der Waals surface area contributed by atoms with E-state index >= 15 is 0 Å². The third kappa shape index (κ3) is 2.07. The first-order valence-corrected chi connectivity index (χ1v) is 5.32. The van der Waals surface area contributed by atoms with Gasteiger partial charge in [0.1, 0.15) is 6.10 Å². The summed E-state index contributed by atoms with van der Waals surface area (Å²) in [6.07, 6.45) is -1.90. The van der Waals surface area contributed by atoms with Crippen molar-refractivity contribution in [3.63, 3.8) is 0 Å². The number of fused-ring (bicyclic) bond motifs is 1. The highest BCUT2D eigenvalue weighted by atomic mass is 16.3. The van der Waals surface area contributed by atoms with Crippen LogP contribution < -0.4 is 5.73 Å². The minimum absolute atomic E-state index is 0.0163. The van der Waals surface area contributed by atoms with E-state index in [-0.39, 0.29) is 5.78 Å². The number of hydrogen-bond acceptors (Lipinski definition) is 4. The van der Waals surface area contributed by atoms with Crippen molar-refractivity contribution in [2.45, 2.75) is 25.0 Å². The van der Waals surface area contributed by atoms with Crippen LogP contribution in [0.5, 0.6) is 0 Å². The number of benzene rings is 1. The SMILES string of the molecule is NC(=O)C(O)C(O)c1ccc2c(c1)C(=O)CC2. The van der Waals surface area contributed by atoms with Gasteiger partial charge in [0.2, 0.25) is 5.91 Å². The maximum atomic E-state index is 11.5. The minimum atomic E-state index is -1.66. The number of nitrogens with two attached hydrogens (primary N) is 1. The van der Waals surface area contributed by atoms with Gasteiger partial charge in [0.15, 0.2) is 11.9 Å². The summed E-state index contributed by atoms with van der Waals surface area (Å²) in [6.45, 7) is 0. The number of ketones is 1. The Morgan fingerprint density at radius 2 is 2.00 bits per heavy atom. The average Bonchev–Trinajstić information content (AvgIpc) is 2.68. The Morgan fingerprint density at radius 1 is 1.29 bits per heavy atom. The highest BCUT2D eigenvalue weighted by Gasteiger charge is 2.26. The molecule has 1 aliphatic carbocycles. The fourth-order valence-electron chi connectivity index (χ4n) is 1.98. The maximum Gasteiger partial charge on any atom is 0.249 e. The number of amides is 1. The molecule has 0 aromatic heterocycles. The van der Waals surface area contributed by atoms with E-state index in [9.17, 15) is 19.8 Å². The van der Waals surface area contributed by atoms with Gasteiger partial charge < -0.3 is 15.9 Å². The minimum Gasteiger partial charge on any atom is -0.385 e. The van der Waals surface area contributed by atoms with E-state index in [4.69, 9.17) is 5.73 Å². The molecule has 0 heterocycles. The van der Waals surface area contributed by atoms with Crippen LogP contribution in [0.1, 0.15) is 34.0 Å². The Bertz CT molecular complexity index is 483. The zero-order valence-corrected chi connectivity index (χ0v) is 9.09. The van der Waals surface area contributed by atoms with Gasteiger partial charge in [-0.25, -0.2) is 0 Å². The number of aliphatic hydroxyl groups excluding tert-OH is 2. The highest BCUT2D eigenvalue weighted by molar-refractivity contribution is 6.00. The molecular formula is C12H13NO4. The smallest absolute Gasteiger partial charge is 0.249 e. The van der Waals surface area contributed by atoms with Gasteiger partial charge in [-0.15, -0.1) is 0 Å². The van der Waals surface area contributed by atoms with Crippen LogP contribution in [0.15, 0.2) is 18.2 Å². The summed E-state index contributed by atoms with van der Waals surface area (Å²) in [6, 6.07) is 4.84. The molecule has 0 radical (unpaired) electrons. The molecule has 0 fully saturated rings. The Hall–Kier alpha value is -1.72. The predicted octanol–water partition coefficient (Wildman–Crippen LogP) is -0.305. The van der Waals surface area contributed by atoms with Crippen LogP contribution in [0.4, 0.5) is 0 Å². The van der Waals surface area contributed by atoms with Gasteiger partial charge in [0, 0.05) is 12.0 Å². The molecule has 0 saturated carbocycles. The fraction of sp³-hybridized carbons (Fsp3) is 0.333. The molecule has 0 saturated heterocycles. The monoisotopic (exact) mass is 235 g/mol. The van der Waals surface area contributed by atoms with Crippen molar-refractivity contribution in [3.05, 3.63) is 34.9 Å². The Balaban J connectivity index is 2.32. The van der Waals surface area contributed by atoms with E-state index in [0.29, 0.717) is 24.0 Å². The van der Waals surface area contributed by atoms with Gasteiger partial charge in [0.05, 0.1) is 0 Å². The average molecular weight is 235 g/mol. The lowest BCUT2D eigenvalue weighted by Gasteiger charge is -2.15. The topological polar surface area (TPSA) is 101 Å². The van der Waals surface area contributed by atoms with Crippen molar-refractivity contribution in [1.82, 2.24) is 0 Å². The molecule has 4 N–H and O–H groups in total. The predicted molar refractivity (Wildman–Crippen MR) is 59.3 cm³/mol. The zero-order chi connectivity index (χ0) is 12.6. The molecule has 2 rings (SSSR count). The van der Waals surface area contributed by atoms with Crippen LogP contribution in [0, 0.1) is 0 Å². The lowest BCUT2D eigenvalue weighted by molar-refractivity contribution is -0.131. The van der Waals surface area contributed by atoms with Gasteiger partial charge in [-0.2, -0.15) is 0 Å². The molecule has 0 spiro atoms. The molecule has 2 unspecified atom stereocenters. The quantitative estimate of drug-likeness (QED) is 0.669. The highest BCUT2D eigenvalue weighted by Crippen LogP contribution is 2.26. The normalized spacial score (nSPS) is 17.6. The number of primary amides is 1. The second kappa shape index (κ2) is 4.27. The third-order valence-corrected chi connectivity index (χ3v) is 2.99. The number of Topliss-reactive ketones (excluding diaryl/α,β-unsaturated/α-hetero) is 1. The van der Waals surface area contributed by atoms with Gasteiger partial charge in [-0.1, -0.05) is 12.1 Å². The second-order valence-electron chi connectivity index (χ2n) is 4.13. The Labute approximate surface area is 97.9 Å². The standard InChI is InChI=1S/C12H13NO4/c13-12(17)11(16)10(15)7-2-1-6-3-4-9(14)8(6)5-7/h1-2,5,10-11,15-16H,3-4H2,(H2,13,17). The molecule has 1 amide bonds. The molecule has 90 valence electrons. The van der Waals surface area contributed by atoms with E-state index in [2.05, 4.69) is 0 Å². The second-order valence-corrected chi connectivity index (χ2v) is 4.13. The van der Waals surface area contributed by atoms with Crippen molar-refractivity contribution in [3.8, 4) is 0 Å². The first-order valence-electron chi connectivity index (χ1n) is 5.32. The number of carbonyl (C=O) groups is 2. The first kappa shape index (κ1) is 11.8. The number of hydrogen-bond donors (Lipinski definition) is 3. The van der Waals surface area contributed by atoms with E-state index in [1.54, 1.807) is 12.1 Å². The van der Waals surface area contributed by atoms with E-state index in [1.165, 1.54) is 6.07 Å². The molecule has 1 aromatic carbocycles. The van der Waals surface area contributed by atoms with Crippen molar-refractivity contribution in [2.75, 3.05) is 0 Å². The van der Waals surface area contributed by atoms with Crippen LogP contribution in [0.3, 0.4) is 0 Å². The van der Waals surface area contributed by atoms with E-state index < -0.39 is 18.1 Å². The van der Waals surface area contributed by atoms with Crippen LogP contribution in [-0.2, 0) is 11.2 Å². The molecule has 17 heavy (non-hydrogen) atoms. The summed E-state index contributed by atoms with van der Waals surface area (Å²) in [7, 11) is 0. The molecular weight excluding hydrogens is 222 g/mol. The fourth-order valence-corrected chi connectivity index (χ4v) is 1.98. The Kier molecular flexibility index (Phi) is 2.95. The number of carbonyl (C=O) groups excluding carboxylic acids is 2.